The first-order chi connectivity index (χ1) is 9.25. The maximum absolute atomic E-state index is 12.3. The topological polar surface area (TPSA) is 50.2 Å². The van der Waals surface area contributed by atoms with Crippen molar-refractivity contribution < 1.29 is 4.79 Å². The minimum Gasteiger partial charge on any atom is -0.331 e. The molecular formula is C13H20N4OS. The number of thioether (sulfide) groups is 1. The van der Waals surface area contributed by atoms with Gasteiger partial charge in [-0.25, -0.2) is 4.79 Å². The molecule has 2 aliphatic rings. The molecule has 0 saturated carbocycles. The lowest BCUT2D eigenvalue weighted by atomic mass is 9.93. The summed E-state index contributed by atoms with van der Waals surface area (Å²) in [5.74, 6) is 2.10. The average molecular weight is 280 g/mol. The fraction of sp³-hybridized carbons (Fsp3) is 0.692. The zero-order valence-corrected chi connectivity index (χ0v) is 12.1. The maximum atomic E-state index is 12.3. The number of aromatic nitrogens is 2. The van der Waals surface area contributed by atoms with Crippen LogP contribution in [0.25, 0.3) is 0 Å². The second kappa shape index (κ2) is 5.45. The molecule has 0 spiro atoms. The molecule has 1 saturated heterocycles. The third-order valence-electron chi connectivity index (χ3n) is 3.97. The van der Waals surface area contributed by atoms with Crippen molar-refractivity contribution >= 4 is 17.8 Å². The van der Waals surface area contributed by atoms with E-state index in [0.717, 1.165) is 43.9 Å². The molecule has 104 valence electrons. The Kier molecular flexibility index (Phi) is 3.68. The molecule has 3 rings (SSSR count). The minimum atomic E-state index is 0.0852. The summed E-state index contributed by atoms with van der Waals surface area (Å²) < 4.78 is 1.94. The van der Waals surface area contributed by atoms with E-state index in [-0.39, 0.29) is 12.1 Å². The molecular weight excluding hydrogens is 260 g/mol. The van der Waals surface area contributed by atoms with Crippen LogP contribution in [0.1, 0.15) is 30.1 Å². The van der Waals surface area contributed by atoms with E-state index >= 15 is 0 Å². The summed E-state index contributed by atoms with van der Waals surface area (Å²) in [6.07, 6.45) is 5.12. The summed E-state index contributed by atoms with van der Waals surface area (Å²) in [7, 11) is 1.98. The maximum Gasteiger partial charge on any atom is 0.317 e. The first kappa shape index (κ1) is 12.8. The van der Waals surface area contributed by atoms with E-state index < -0.39 is 0 Å². The van der Waals surface area contributed by atoms with E-state index in [2.05, 4.69) is 10.4 Å². The van der Waals surface area contributed by atoms with E-state index in [1.807, 2.05) is 34.6 Å². The van der Waals surface area contributed by atoms with Crippen LogP contribution in [0.3, 0.4) is 0 Å². The molecule has 5 nitrogen and oxygen atoms in total. The van der Waals surface area contributed by atoms with Crippen molar-refractivity contribution in [1.82, 2.24) is 20.0 Å². The Morgan fingerprint density at radius 2 is 2.26 bits per heavy atom. The Morgan fingerprint density at radius 1 is 1.47 bits per heavy atom. The predicted molar refractivity (Wildman–Crippen MR) is 76.3 cm³/mol. The summed E-state index contributed by atoms with van der Waals surface area (Å²) in [5.41, 5.74) is 2.47. The number of nitrogens with one attached hydrogen (secondary N) is 1. The van der Waals surface area contributed by atoms with Crippen molar-refractivity contribution in [1.29, 1.82) is 0 Å². The summed E-state index contributed by atoms with van der Waals surface area (Å²) in [6.45, 7) is 1.73. The zero-order valence-electron chi connectivity index (χ0n) is 11.3. The van der Waals surface area contributed by atoms with Crippen LogP contribution in [-0.2, 0) is 13.5 Å². The number of amides is 2. The van der Waals surface area contributed by atoms with Crippen LogP contribution in [-0.4, -0.2) is 45.3 Å². The molecule has 0 radical (unpaired) electrons. The monoisotopic (exact) mass is 280 g/mol. The molecule has 1 atom stereocenters. The molecule has 1 fully saturated rings. The van der Waals surface area contributed by atoms with Crippen molar-refractivity contribution in [2.24, 2.45) is 7.05 Å². The van der Waals surface area contributed by atoms with Gasteiger partial charge in [-0.2, -0.15) is 16.9 Å². The van der Waals surface area contributed by atoms with Gasteiger partial charge < -0.3 is 10.2 Å². The van der Waals surface area contributed by atoms with Gasteiger partial charge in [-0.3, -0.25) is 4.68 Å². The van der Waals surface area contributed by atoms with E-state index in [1.165, 1.54) is 11.3 Å². The Labute approximate surface area is 117 Å². The van der Waals surface area contributed by atoms with Crippen molar-refractivity contribution in [2.75, 3.05) is 24.6 Å². The van der Waals surface area contributed by atoms with Gasteiger partial charge in [-0.15, -0.1) is 0 Å². The van der Waals surface area contributed by atoms with Gasteiger partial charge in [0.2, 0.25) is 0 Å². The Morgan fingerprint density at radius 3 is 3.05 bits per heavy atom. The molecule has 1 aromatic rings. The van der Waals surface area contributed by atoms with Gasteiger partial charge in [0.25, 0.3) is 0 Å². The third kappa shape index (κ3) is 2.59. The van der Waals surface area contributed by atoms with Crippen LogP contribution >= 0.6 is 11.8 Å². The van der Waals surface area contributed by atoms with Crippen LogP contribution in [0.4, 0.5) is 4.79 Å². The smallest absolute Gasteiger partial charge is 0.317 e. The van der Waals surface area contributed by atoms with Gasteiger partial charge in [0, 0.05) is 42.9 Å². The van der Waals surface area contributed by atoms with Gasteiger partial charge in [0.1, 0.15) is 0 Å². The van der Waals surface area contributed by atoms with Crippen molar-refractivity contribution in [3.8, 4) is 0 Å². The van der Waals surface area contributed by atoms with Gasteiger partial charge in [0.15, 0.2) is 0 Å². The van der Waals surface area contributed by atoms with E-state index in [9.17, 15) is 4.79 Å². The molecule has 0 aromatic carbocycles. The molecule has 1 unspecified atom stereocenters. The zero-order chi connectivity index (χ0) is 13.2. The van der Waals surface area contributed by atoms with Crippen molar-refractivity contribution in [3.05, 3.63) is 17.5 Å². The summed E-state index contributed by atoms with van der Waals surface area (Å²) in [4.78, 5) is 14.2. The lowest BCUT2D eigenvalue weighted by Crippen LogP contribution is -2.45. The standard InChI is InChI=1S/C13H20N4OS/c1-16-12-4-2-3-11(10(12)9-14-16)15-13(18)17-5-7-19-8-6-17/h9,11H,2-8H2,1H3,(H,15,18). The molecule has 1 aromatic heterocycles. The number of urea groups is 1. The Balaban J connectivity index is 1.68. The SMILES string of the molecule is Cn1ncc2c1CCCC2NC(=O)N1CCSCC1. The molecule has 2 heterocycles. The van der Waals surface area contributed by atoms with E-state index in [1.54, 1.807) is 0 Å². The lowest BCUT2D eigenvalue weighted by molar-refractivity contribution is 0.197. The number of nitrogens with zero attached hydrogens (tertiary/aromatic N) is 3. The molecule has 1 N–H and O–H groups in total. The number of hydrogen-bond donors (Lipinski definition) is 1. The van der Waals surface area contributed by atoms with E-state index in [4.69, 9.17) is 0 Å². The fourth-order valence-electron chi connectivity index (χ4n) is 2.86. The van der Waals surface area contributed by atoms with Gasteiger partial charge >= 0.3 is 6.03 Å². The van der Waals surface area contributed by atoms with Crippen LogP contribution in [0.5, 0.6) is 0 Å². The number of carbonyl (C=O) groups excluding carboxylic acids is 1. The Bertz CT molecular complexity index is 467. The molecule has 6 heteroatoms. The second-order valence-electron chi connectivity index (χ2n) is 5.16. The average Bonchev–Trinajstić information content (AvgIpc) is 2.83. The summed E-state index contributed by atoms with van der Waals surface area (Å²) >= 11 is 1.92. The molecule has 1 aliphatic carbocycles. The fourth-order valence-corrected chi connectivity index (χ4v) is 3.77. The van der Waals surface area contributed by atoms with Crippen LogP contribution in [0.2, 0.25) is 0 Å². The number of fused-ring (bicyclic) bond motifs is 1. The highest BCUT2D eigenvalue weighted by Gasteiger charge is 2.26. The molecule has 19 heavy (non-hydrogen) atoms. The van der Waals surface area contributed by atoms with Crippen molar-refractivity contribution in [3.63, 3.8) is 0 Å². The van der Waals surface area contributed by atoms with E-state index in [0.29, 0.717) is 0 Å². The number of aryl methyl sites for hydroxylation is 1. The second-order valence-corrected chi connectivity index (χ2v) is 6.39. The lowest BCUT2D eigenvalue weighted by Gasteiger charge is -2.30. The van der Waals surface area contributed by atoms with Crippen LogP contribution in [0.15, 0.2) is 6.20 Å². The largest absolute Gasteiger partial charge is 0.331 e. The summed E-state index contributed by atoms with van der Waals surface area (Å²) in [6, 6.07) is 0.224. The highest BCUT2D eigenvalue weighted by molar-refractivity contribution is 7.99. The first-order valence-corrected chi connectivity index (χ1v) is 8.05. The van der Waals surface area contributed by atoms with Gasteiger partial charge in [-0.05, 0) is 19.3 Å². The number of rotatable bonds is 1. The van der Waals surface area contributed by atoms with Crippen LogP contribution < -0.4 is 5.32 Å². The Hall–Kier alpha value is -1.17. The van der Waals surface area contributed by atoms with Crippen LogP contribution in [0, 0.1) is 0 Å². The molecule has 1 aliphatic heterocycles. The predicted octanol–water partition coefficient (Wildman–Crippen LogP) is 1.56. The van der Waals surface area contributed by atoms with Gasteiger partial charge in [-0.1, -0.05) is 0 Å². The summed E-state index contributed by atoms with van der Waals surface area (Å²) in [5, 5.41) is 7.50. The molecule has 2 amide bonds. The number of hydrogen-bond acceptors (Lipinski definition) is 3. The highest BCUT2D eigenvalue weighted by atomic mass is 32.2. The quantitative estimate of drug-likeness (QED) is 0.849. The third-order valence-corrected chi connectivity index (χ3v) is 4.91. The first-order valence-electron chi connectivity index (χ1n) is 6.89. The molecule has 0 bridgehead atoms. The minimum absolute atomic E-state index is 0.0852. The van der Waals surface area contributed by atoms with Gasteiger partial charge in [0.05, 0.1) is 12.2 Å². The highest BCUT2D eigenvalue weighted by Crippen LogP contribution is 2.29. The number of carbonyl (C=O) groups is 1. The van der Waals surface area contributed by atoms with Crippen molar-refractivity contribution in [2.45, 2.75) is 25.3 Å². The normalized spacial score (nSPS) is 23.0.